The number of hydrogen-bond donors (Lipinski definition) is 0. The van der Waals surface area contributed by atoms with Crippen LogP contribution >= 0.6 is 22.7 Å². The molecule has 386 valence electrons. The van der Waals surface area contributed by atoms with Crippen LogP contribution in [0.3, 0.4) is 0 Å². The van der Waals surface area contributed by atoms with Gasteiger partial charge in [0.15, 0.2) is 0 Å². The molecule has 0 saturated heterocycles. The molecular formula is C72H68BN3S2. The zero-order chi connectivity index (χ0) is 52.9. The van der Waals surface area contributed by atoms with Crippen molar-refractivity contribution in [3.8, 4) is 0 Å². The van der Waals surface area contributed by atoms with Gasteiger partial charge in [-0.1, -0.05) is 147 Å². The van der Waals surface area contributed by atoms with E-state index in [2.05, 4.69) is 217 Å². The first-order chi connectivity index (χ1) is 37.4. The summed E-state index contributed by atoms with van der Waals surface area (Å²) in [5.74, 6) is 0. The van der Waals surface area contributed by atoms with Gasteiger partial charge in [0.25, 0.3) is 6.71 Å². The molecule has 0 amide bonds. The predicted octanol–water partition coefficient (Wildman–Crippen LogP) is 18.6. The van der Waals surface area contributed by atoms with Gasteiger partial charge in [0, 0.05) is 80.9 Å². The highest BCUT2D eigenvalue weighted by Gasteiger charge is 2.59. The fourth-order valence-electron chi connectivity index (χ4n) is 17.4. The van der Waals surface area contributed by atoms with Crippen LogP contribution in [0.2, 0.25) is 0 Å². The Labute approximate surface area is 469 Å². The van der Waals surface area contributed by atoms with Gasteiger partial charge in [-0.15, -0.1) is 22.7 Å². The van der Waals surface area contributed by atoms with Crippen molar-refractivity contribution in [3.05, 3.63) is 172 Å². The molecule has 1 saturated carbocycles. The number of hydrogen-bond acceptors (Lipinski definition) is 5. The molecule has 0 radical (unpaired) electrons. The summed E-state index contributed by atoms with van der Waals surface area (Å²) in [5, 5.41) is 5.40. The Morgan fingerprint density at radius 2 is 1.03 bits per heavy atom. The number of thiophene rings is 2. The van der Waals surface area contributed by atoms with E-state index in [4.69, 9.17) is 0 Å². The molecule has 6 bridgehead atoms. The molecule has 7 aliphatic rings. The Morgan fingerprint density at radius 3 is 1.78 bits per heavy atom. The standard InChI is InChI=1S/C72H68BN3S2/c1-41-32-49-52-39-56(41)75-59-40-64-47(45-19-12-13-22-62(45)77-64)36-53(59)73-54-37-50-51(68(4,5)29-28-67(50,2)3)38-58(54)74(55-21-17-20-46-44-18-11-14-23-63(44)78-66(46)55)60-34-43(35-61(75)65(60)73)76-57-33-42(70(52,8)31-30-69(49,6)7)24-25-48(57)71(9)26-15-16-27-72(71,76)10/h11-14,17-25,32-40H,15-16,26-31H2,1-10H3. The summed E-state index contributed by atoms with van der Waals surface area (Å²) in [5.41, 5.74) is 25.0. The molecule has 2 aromatic heterocycles. The van der Waals surface area contributed by atoms with E-state index in [1.165, 1.54) is 167 Å². The Bertz CT molecular complexity index is 4380. The largest absolute Gasteiger partial charge is 0.334 e. The lowest BCUT2D eigenvalue weighted by Crippen LogP contribution is -2.62. The van der Waals surface area contributed by atoms with Gasteiger partial charge in [-0.2, -0.15) is 0 Å². The maximum Gasteiger partial charge on any atom is 0.252 e. The van der Waals surface area contributed by atoms with Crippen LogP contribution in [0.25, 0.3) is 40.3 Å². The van der Waals surface area contributed by atoms with Crippen LogP contribution in [-0.2, 0) is 27.1 Å². The van der Waals surface area contributed by atoms with Crippen molar-refractivity contribution in [1.29, 1.82) is 0 Å². The summed E-state index contributed by atoms with van der Waals surface area (Å²) in [6.07, 6.45) is 9.43. The van der Waals surface area contributed by atoms with Crippen LogP contribution in [0.15, 0.2) is 133 Å². The number of nitrogens with zero attached hydrogens (tertiary/aromatic N) is 3. The van der Waals surface area contributed by atoms with Gasteiger partial charge in [0.05, 0.1) is 15.9 Å². The zero-order valence-corrected chi connectivity index (χ0v) is 48.7. The minimum Gasteiger partial charge on any atom is -0.334 e. The van der Waals surface area contributed by atoms with Gasteiger partial charge >= 0.3 is 0 Å². The maximum absolute atomic E-state index is 2.92. The summed E-state index contributed by atoms with van der Waals surface area (Å²) in [6.45, 7) is 25.4. The lowest BCUT2D eigenvalue weighted by atomic mass is 9.33. The fourth-order valence-corrected chi connectivity index (χ4v) is 19.7. The average molecular weight is 1050 g/mol. The van der Waals surface area contributed by atoms with Crippen LogP contribution in [0.5, 0.6) is 0 Å². The number of aryl methyl sites for hydroxylation is 1. The molecule has 10 aromatic rings. The molecule has 4 aliphatic heterocycles. The maximum atomic E-state index is 2.92. The third kappa shape index (κ3) is 5.67. The normalized spacial score (nSPS) is 24.2. The molecule has 3 nitrogen and oxygen atoms in total. The van der Waals surface area contributed by atoms with E-state index >= 15 is 0 Å². The molecule has 3 atom stereocenters. The fraction of sp³-hybridized carbons (Fsp3) is 0.333. The Kier molecular flexibility index (Phi) is 8.90. The van der Waals surface area contributed by atoms with E-state index in [1.54, 1.807) is 0 Å². The molecule has 0 spiro atoms. The monoisotopic (exact) mass is 1050 g/mol. The highest BCUT2D eigenvalue weighted by Crippen LogP contribution is 2.64. The van der Waals surface area contributed by atoms with E-state index in [1.807, 2.05) is 22.7 Å². The predicted molar refractivity (Wildman–Crippen MR) is 338 cm³/mol. The van der Waals surface area contributed by atoms with Crippen molar-refractivity contribution >= 4 is 132 Å². The molecular weight excluding hydrogens is 982 g/mol. The van der Waals surface area contributed by atoms with Crippen LogP contribution < -0.4 is 31.1 Å². The van der Waals surface area contributed by atoms with Crippen molar-refractivity contribution < 1.29 is 0 Å². The first-order valence-corrected chi connectivity index (χ1v) is 31.0. The highest BCUT2D eigenvalue weighted by atomic mass is 32.1. The Morgan fingerprint density at radius 1 is 0.423 bits per heavy atom. The average Bonchev–Trinajstić information content (AvgIpc) is 3.33. The zero-order valence-electron chi connectivity index (χ0n) is 47.1. The molecule has 1 fully saturated rings. The number of benzene rings is 8. The van der Waals surface area contributed by atoms with E-state index in [9.17, 15) is 0 Å². The summed E-state index contributed by atoms with van der Waals surface area (Å²) in [4.78, 5) is 8.53. The van der Waals surface area contributed by atoms with Gasteiger partial charge in [-0.3, -0.25) is 0 Å². The third-order valence-corrected chi connectivity index (χ3v) is 24.6. The van der Waals surface area contributed by atoms with Crippen molar-refractivity contribution in [2.45, 2.75) is 153 Å². The van der Waals surface area contributed by atoms with Gasteiger partial charge in [-0.05, 0) is 184 Å². The topological polar surface area (TPSA) is 9.72 Å². The lowest BCUT2D eigenvalue weighted by Gasteiger charge is -2.51. The van der Waals surface area contributed by atoms with E-state index in [0.29, 0.717) is 0 Å². The number of anilines is 8. The Hall–Kier alpha value is -6.34. The smallest absolute Gasteiger partial charge is 0.252 e. The molecule has 6 heteroatoms. The van der Waals surface area contributed by atoms with Crippen molar-refractivity contribution in [2.24, 2.45) is 0 Å². The molecule has 0 N–H and O–H groups in total. The van der Waals surface area contributed by atoms with Crippen molar-refractivity contribution in [3.63, 3.8) is 0 Å². The number of fused-ring (bicyclic) bond motifs is 21. The summed E-state index contributed by atoms with van der Waals surface area (Å²) in [7, 11) is 0. The summed E-state index contributed by atoms with van der Waals surface area (Å²) >= 11 is 3.92. The van der Waals surface area contributed by atoms with Crippen LogP contribution in [0.1, 0.15) is 153 Å². The molecule has 3 unspecified atom stereocenters. The van der Waals surface area contributed by atoms with E-state index in [0.717, 1.165) is 25.7 Å². The molecule has 17 rings (SSSR count). The van der Waals surface area contributed by atoms with Gasteiger partial charge in [-0.25, -0.2) is 0 Å². The quantitative estimate of drug-likeness (QED) is 0.152. The first-order valence-electron chi connectivity index (χ1n) is 29.3. The van der Waals surface area contributed by atoms with Gasteiger partial charge in [0.1, 0.15) is 0 Å². The minimum absolute atomic E-state index is 0.0135. The lowest BCUT2D eigenvalue weighted by molar-refractivity contribution is 0.195. The minimum atomic E-state index is -0.176. The summed E-state index contributed by atoms with van der Waals surface area (Å²) in [6, 6.07) is 54.8. The van der Waals surface area contributed by atoms with Crippen LogP contribution in [-0.4, -0.2) is 12.3 Å². The van der Waals surface area contributed by atoms with Gasteiger partial charge < -0.3 is 14.7 Å². The number of rotatable bonds is 1. The van der Waals surface area contributed by atoms with E-state index < -0.39 is 0 Å². The molecule has 3 aliphatic carbocycles. The molecule has 78 heavy (non-hydrogen) atoms. The Balaban J connectivity index is 1.08. The van der Waals surface area contributed by atoms with E-state index in [-0.39, 0.29) is 39.3 Å². The molecule has 8 aromatic carbocycles. The third-order valence-electron chi connectivity index (χ3n) is 22.3. The second kappa shape index (κ2) is 14.9. The second-order valence-electron chi connectivity index (χ2n) is 27.8. The first kappa shape index (κ1) is 46.6. The SMILES string of the molecule is Cc1cc2c3cc1N1c4cc5sc6ccccc6c5cc4B4c5cc6c(cc5N(c5cccc7c5sc5ccccc57)c5cc(cc1c54)N1c4cc(ccc4C4(C)CCCCC14C)C3(C)CCC2(C)C)C(C)(C)CCC6(C)C. The van der Waals surface area contributed by atoms with Crippen LogP contribution in [0.4, 0.5) is 45.5 Å². The van der Waals surface area contributed by atoms with Gasteiger partial charge in [0.2, 0.25) is 0 Å². The van der Waals surface area contributed by atoms with Crippen molar-refractivity contribution in [1.82, 2.24) is 0 Å². The van der Waals surface area contributed by atoms with Crippen molar-refractivity contribution in [2.75, 3.05) is 14.7 Å². The van der Waals surface area contributed by atoms with Crippen LogP contribution in [0, 0.1) is 6.92 Å². The highest BCUT2D eigenvalue weighted by molar-refractivity contribution is 7.26. The second-order valence-corrected chi connectivity index (χ2v) is 29.9. The molecule has 6 heterocycles. The summed E-state index contributed by atoms with van der Waals surface area (Å²) < 4.78 is 5.40.